The summed E-state index contributed by atoms with van der Waals surface area (Å²) in [6.07, 6.45) is 1.29. The van der Waals surface area contributed by atoms with Crippen LogP contribution in [0.4, 0.5) is 11.4 Å². The average molecular weight is 271 g/mol. The lowest BCUT2D eigenvalue weighted by Gasteiger charge is -2.15. The van der Waals surface area contributed by atoms with E-state index in [0.717, 1.165) is 6.26 Å². The largest absolute Gasteiger partial charge is 0.397 e. The van der Waals surface area contributed by atoms with Crippen molar-refractivity contribution < 1.29 is 13.2 Å². The number of rotatable bonds is 5. The van der Waals surface area contributed by atoms with Gasteiger partial charge in [0.05, 0.1) is 16.3 Å². The summed E-state index contributed by atoms with van der Waals surface area (Å²) in [5, 5.41) is 3.00. The first-order valence-electron chi connectivity index (χ1n) is 5.34. The number of carbonyl (C=O) groups is 1. The average Bonchev–Trinajstić information content (AvgIpc) is 2.18. The number of primary amides is 1. The molecule has 0 aromatic heterocycles. The number of sulfone groups is 1. The summed E-state index contributed by atoms with van der Waals surface area (Å²) >= 11 is 0. The number of nitrogens with one attached hydrogen (secondary N) is 1. The molecule has 6 nitrogen and oxygen atoms in total. The van der Waals surface area contributed by atoms with E-state index in [2.05, 4.69) is 5.32 Å². The number of benzene rings is 1. The molecular formula is C11H17N3O3S. The maximum atomic E-state index is 11.3. The molecule has 1 atom stereocenters. The third-order valence-corrected chi connectivity index (χ3v) is 3.47. The number of carbonyl (C=O) groups excluding carboxylic acids is 1. The minimum absolute atomic E-state index is 0.160. The van der Waals surface area contributed by atoms with Gasteiger partial charge in [0.15, 0.2) is 9.84 Å². The van der Waals surface area contributed by atoms with Gasteiger partial charge in [0.1, 0.15) is 0 Å². The van der Waals surface area contributed by atoms with Crippen LogP contribution in [0.25, 0.3) is 0 Å². The van der Waals surface area contributed by atoms with Crippen LogP contribution >= 0.6 is 0 Å². The summed E-state index contributed by atoms with van der Waals surface area (Å²) in [5.41, 5.74) is 11.7. The van der Waals surface area contributed by atoms with E-state index in [1.807, 2.05) is 0 Å². The zero-order chi connectivity index (χ0) is 13.9. The van der Waals surface area contributed by atoms with Gasteiger partial charge in [0, 0.05) is 18.7 Å². The molecular weight excluding hydrogens is 254 g/mol. The fourth-order valence-corrected chi connectivity index (χ4v) is 2.18. The van der Waals surface area contributed by atoms with Gasteiger partial charge in [-0.25, -0.2) is 8.42 Å². The van der Waals surface area contributed by atoms with E-state index in [1.165, 1.54) is 12.1 Å². The molecule has 0 heterocycles. The second kappa shape index (κ2) is 5.26. The zero-order valence-corrected chi connectivity index (χ0v) is 11.1. The number of hydrogen-bond acceptors (Lipinski definition) is 5. The van der Waals surface area contributed by atoms with E-state index in [-0.39, 0.29) is 17.4 Å². The molecule has 0 aliphatic carbocycles. The minimum atomic E-state index is -3.27. The van der Waals surface area contributed by atoms with Crippen molar-refractivity contribution in [2.75, 3.05) is 17.3 Å². The number of amides is 1. The normalized spacial score (nSPS) is 13.0. The molecule has 1 aromatic rings. The minimum Gasteiger partial charge on any atom is -0.397 e. The summed E-state index contributed by atoms with van der Waals surface area (Å²) in [6, 6.07) is 4.25. The van der Waals surface area contributed by atoms with Crippen LogP contribution in [0.15, 0.2) is 23.1 Å². The van der Waals surface area contributed by atoms with E-state index in [0.29, 0.717) is 11.4 Å². The number of anilines is 2. The third-order valence-electron chi connectivity index (χ3n) is 2.36. The smallest absolute Gasteiger partial charge is 0.219 e. The van der Waals surface area contributed by atoms with Gasteiger partial charge in [0.25, 0.3) is 0 Å². The zero-order valence-electron chi connectivity index (χ0n) is 10.3. The first-order chi connectivity index (χ1) is 8.20. The molecule has 1 rings (SSSR count). The van der Waals surface area contributed by atoms with Crippen molar-refractivity contribution in [2.45, 2.75) is 24.3 Å². The van der Waals surface area contributed by atoms with Crippen LogP contribution < -0.4 is 16.8 Å². The molecule has 0 saturated heterocycles. The quantitative estimate of drug-likeness (QED) is 0.668. The molecule has 0 saturated carbocycles. The topological polar surface area (TPSA) is 115 Å². The molecule has 1 unspecified atom stereocenters. The molecule has 0 bridgehead atoms. The van der Waals surface area contributed by atoms with E-state index in [9.17, 15) is 13.2 Å². The number of hydrogen-bond donors (Lipinski definition) is 3. The summed E-state index contributed by atoms with van der Waals surface area (Å²) in [7, 11) is -3.27. The van der Waals surface area contributed by atoms with Crippen LogP contribution in [0.2, 0.25) is 0 Å². The Bertz CT molecular complexity index is 555. The molecule has 7 heteroatoms. The van der Waals surface area contributed by atoms with Crippen LogP contribution in [0.5, 0.6) is 0 Å². The Morgan fingerprint density at radius 2 is 2.06 bits per heavy atom. The fraction of sp³-hybridized carbons (Fsp3) is 0.364. The van der Waals surface area contributed by atoms with Gasteiger partial charge >= 0.3 is 0 Å². The maximum Gasteiger partial charge on any atom is 0.219 e. The van der Waals surface area contributed by atoms with Crippen LogP contribution in [0.3, 0.4) is 0 Å². The van der Waals surface area contributed by atoms with Gasteiger partial charge in [-0.3, -0.25) is 4.79 Å². The highest BCUT2D eigenvalue weighted by Crippen LogP contribution is 2.23. The van der Waals surface area contributed by atoms with Crippen molar-refractivity contribution in [3.63, 3.8) is 0 Å². The van der Waals surface area contributed by atoms with Crippen molar-refractivity contribution in [3.8, 4) is 0 Å². The Balaban J connectivity index is 2.90. The Kier molecular flexibility index (Phi) is 4.18. The van der Waals surface area contributed by atoms with Crippen LogP contribution in [-0.2, 0) is 14.6 Å². The lowest BCUT2D eigenvalue weighted by Crippen LogP contribution is -2.24. The van der Waals surface area contributed by atoms with Crippen LogP contribution in [0.1, 0.15) is 13.3 Å². The molecule has 5 N–H and O–H groups in total. The molecule has 1 amide bonds. The Hall–Kier alpha value is -1.76. The van der Waals surface area contributed by atoms with Gasteiger partial charge in [-0.2, -0.15) is 0 Å². The first kappa shape index (κ1) is 14.3. The maximum absolute atomic E-state index is 11.3. The van der Waals surface area contributed by atoms with Gasteiger partial charge in [-0.15, -0.1) is 0 Å². The van der Waals surface area contributed by atoms with Crippen molar-refractivity contribution >= 4 is 27.1 Å². The van der Waals surface area contributed by atoms with Crippen LogP contribution in [0, 0.1) is 0 Å². The monoisotopic (exact) mass is 271 g/mol. The van der Waals surface area contributed by atoms with E-state index >= 15 is 0 Å². The van der Waals surface area contributed by atoms with Gasteiger partial charge in [0.2, 0.25) is 5.91 Å². The molecule has 18 heavy (non-hydrogen) atoms. The molecule has 0 aliphatic rings. The standard InChI is InChI=1S/C11H17N3O3S/c1-7(5-11(13)15)14-10-4-3-8(6-9(10)12)18(2,16)17/h3-4,6-7,14H,5,12H2,1-2H3,(H2,13,15). The highest BCUT2D eigenvalue weighted by atomic mass is 32.2. The highest BCUT2D eigenvalue weighted by Gasteiger charge is 2.11. The molecule has 100 valence electrons. The van der Waals surface area contributed by atoms with E-state index in [4.69, 9.17) is 11.5 Å². The lowest BCUT2D eigenvalue weighted by atomic mass is 10.2. The highest BCUT2D eigenvalue weighted by molar-refractivity contribution is 7.90. The van der Waals surface area contributed by atoms with Gasteiger partial charge in [-0.1, -0.05) is 0 Å². The van der Waals surface area contributed by atoms with Gasteiger partial charge in [-0.05, 0) is 25.1 Å². The SMILES string of the molecule is CC(CC(N)=O)Nc1ccc(S(C)(=O)=O)cc1N. The van der Waals surface area contributed by atoms with E-state index < -0.39 is 15.7 Å². The molecule has 0 radical (unpaired) electrons. The summed E-state index contributed by atoms with van der Waals surface area (Å²) < 4.78 is 22.7. The molecule has 1 aromatic carbocycles. The predicted octanol–water partition coefficient (Wildman–Crippen LogP) is 0.348. The van der Waals surface area contributed by atoms with Crippen molar-refractivity contribution in [2.24, 2.45) is 5.73 Å². The Morgan fingerprint density at radius 1 is 1.44 bits per heavy atom. The first-order valence-corrected chi connectivity index (χ1v) is 7.23. The summed E-state index contributed by atoms with van der Waals surface area (Å²) in [6.45, 7) is 1.79. The third kappa shape index (κ3) is 3.92. The lowest BCUT2D eigenvalue weighted by molar-refractivity contribution is -0.118. The van der Waals surface area contributed by atoms with Crippen molar-refractivity contribution in [3.05, 3.63) is 18.2 Å². The summed E-state index contributed by atoms with van der Waals surface area (Å²) in [4.78, 5) is 10.9. The fourth-order valence-electron chi connectivity index (χ4n) is 1.52. The second-order valence-corrected chi connectivity index (χ2v) is 6.25. The molecule has 0 aliphatic heterocycles. The Morgan fingerprint density at radius 3 is 2.50 bits per heavy atom. The van der Waals surface area contributed by atoms with Crippen LogP contribution in [-0.4, -0.2) is 26.6 Å². The Labute approximate surface area is 106 Å². The van der Waals surface area contributed by atoms with E-state index in [1.54, 1.807) is 13.0 Å². The number of nitrogen functional groups attached to an aromatic ring is 1. The second-order valence-electron chi connectivity index (χ2n) is 4.24. The number of nitrogens with two attached hydrogens (primary N) is 2. The summed E-state index contributed by atoms with van der Waals surface area (Å²) in [5.74, 6) is -0.415. The molecule has 0 spiro atoms. The van der Waals surface area contributed by atoms with Crippen molar-refractivity contribution in [1.29, 1.82) is 0 Å². The predicted molar refractivity (Wildman–Crippen MR) is 70.9 cm³/mol. The van der Waals surface area contributed by atoms with Gasteiger partial charge < -0.3 is 16.8 Å². The van der Waals surface area contributed by atoms with Crippen molar-refractivity contribution in [1.82, 2.24) is 0 Å². The molecule has 0 fully saturated rings.